The molecule has 1 aliphatic rings. The monoisotopic (exact) mass is 548 g/mol. The lowest BCUT2D eigenvalue weighted by Gasteiger charge is -2.30. The Morgan fingerprint density at radius 2 is 1.73 bits per heavy atom. The minimum absolute atomic E-state index is 0.0621. The van der Waals surface area contributed by atoms with Gasteiger partial charge in [0.1, 0.15) is 0 Å². The minimum atomic E-state index is -4.83. The minimum Gasteiger partial charge on any atom is -0.340 e. The number of pyridine rings is 1. The lowest BCUT2D eigenvalue weighted by Crippen LogP contribution is -2.46. The molecule has 3 heterocycles. The number of nitrogens with zero attached hydrogens (tertiary/aromatic N) is 4. The molecule has 1 amide bonds. The van der Waals surface area contributed by atoms with Crippen molar-refractivity contribution in [3.05, 3.63) is 65.3 Å². The molecule has 1 aliphatic heterocycles. The van der Waals surface area contributed by atoms with Gasteiger partial charge in [0.15, 0.2) is 9.84 Å². The van der Waals surface area contributed by atoms with Crippen LogP contribution in [0.3, 0.4) is 0 Å². The first kappa shape index (κ1) is 26.6. The third kappa shape index (κ3) is 6.26. The molecule has 0 N–H and O–H groups in total. The molecule has 15 heteroatoms. The highest BCUT2D eigenvalue weighted by Crippen LogP contribution is 2.33. The van der Waals surface area contributed by atoms with Crippen LogP contribution in [0.1, 0.15) is 28.6 Å². The summed E-state index contributed by atoms with van der Waals surface area (Å²) >= 11 is 0. The lowest BCUT2D eigenvalue weighted by atomic mass is 9.91. The summed E-state index contributed by atoms with van der Waals surface area (Å²) in [5.41, 5.74) is -0.549. The molecule has 8 nitrogen and oxygen atoms in total. The number of halogens is 6. The smallest absolute Gasteiger partial charge is 0.340 e. The van der Waals surface area contributed by atoms with Crippen LogP contribution in [0.5, 0.6) is 0 Å². The molecule has 0 spiro atoms. The fourth-order valence-corrected chi connectivity index (χ4v) is 4.98. The molecule has 1 saturated heterocycles. The molecule has 0 aliphatic carbocycles. The van der Waals surface area contributed by atoms with Crippen LogP contribution in [0.4, 0.5) is 26.3 Å². The largest absolute Gasteiger partial charge is 0.471 e. The topological polar surface area (TPSA) is 106 Å². The van der Waals surface area contributed by atoms with Crippen molar-refractivity contribution in [2.24, 2.45) is 0 Å². The van der Waals surface area contributed by atoms with Gasteiger partial charge in [-0.15, -0.1) is 0 Å². The molecule has 0 saturated carbocycles. The van der Waals surface area contributed by atoms with Gasteiger partial charge in [0.2, 0.25) is 11.7 Å². The lowest BCUT2D eigenvalue weighted by molar-refractivity contribution is -0.159. The zero-order valence-electron chi connectivity index (χ0n) is 18.8. The van der Waals surface area contributed by atoms with Gasteiger partial charge < -0.3 is 9.42 Å². The molecule has 1 fully saturated rings. The molecular weight excluding hydrogens is 530 g/mol. The maximum Gasteiger partial charge on any atom is 0.471 e. The number of alkyl halides is 6. The fraction of sp³-hybridized carbons (Fsp3) is 0.364. The number of sulfone groups is 1. The summed E-state index contributed by atoms with van der Waals surface area (Å²) in [4.78, 5) is 22.0. The van der Waals surface area contributed by atoms with Crippen molar-refractivity contribution in [2.45, 2.75) is 24.7 Å². The maximum atomic E-state index is 13.3. The number of hydrogen-bond donors (Lipinski definition) is 0. The second-order valence-corrected chi connectivity index (χ2v) is 10.6. The highest BCUT2D eigenvalue weighted by Gasteiger charge is 2.39. The first-order valence-corrected chi connectivity index (χ1v) is 12.6. The third-order valence-corrected chi connectivity index (χ3v) is 7.34. The van der Waals surface area contributed by atoms with E-state index in [1.165, 1.54) is 29.2 Å². The zero-order valence-corrected chi connectivity index (χ0v) is 19.6. The Morgan fingerprint density at radius 3 is 2.30 bits per heavy atom. The normalized spacial score (nSPS) is 17.0. The molecule has 4 rings (SSSR count). The molecule has 3 aromatic rings. The van der Waals surface area contributed by atoms with Crippen LogP contribution < -0.4 is 0 Å². The van der Waals surface area contributed by atoms with Crippen LogP contribution in [-0.2, 0) is 33.4 Å². The fourth-order valence-electron chi connectivity index (χ4n) is 3.78. The number of aromatic nitrogens is 3. The molecule has 0 bridgehead atoms. The maximum absolute atomic E-state index is 13.3. The Labute approximate surface area is 206 Å². The van der Waals surface area contributed by atoms with Gasteiger partial charge in [-0.1, -0.05) is 23.4 Å². The molecule has 37 heavy (non-hydrogen) atoms. The van der Waals surface area contributed by atoms with Crippen LogP contribution in [0.2, 0.25) is 0 Å². The van der Waals surface area contributed by atoms with Gasteiger partial charge in [0.05, 0.1) is 23.0 Å². The molecule has 198 valence electrons. The van der Waals surface area contributed by atoms with Gasteiger partial charge in [0, 0.05) is 37.0 Å². The van der Waals surface area contributed by atoms with E-state index in [2.05, 4.69) is 19.6 Å². The van der Waals surface area contributed by atoms with Gasteiger partial charge in [0.25, 0.3) is 0 Å². The summed E-state index contributed by atoms with van der Waals surface area (Å²) < 4.78 is 106. The Kier molecular flexibility index (Phi) is 7.01. The zero-order chi connectivity index (χ0) is 27.0. The van der Waals surface area contributed by atoms with Crippen LogP contribution in [0.15, 0.2) is 47.1 Å². The Morgan fingerprint density at radius 1 is 1.03 bits per heavy atom. The van der Waals surface area contributed by atoms with Crippen molar-refractivity contribution in [2.75, 3.05) is 24.6 Å². The number of carbonyl (C=O) groups excluding carboxylic acids is 1. The van der Waals surface area contributed by atoms with E-state index < -0.39 is 45.5 Å². The van der Waals surface area contributed by atoms with E-state index in [9.17, 15) is 39.6 Å². The molecular formula is C22H18F6N4O4S. The summed E-state index contributed by atoms with van der Waals surface area (Å²) in [6.45, 7) is -0.190. The average molecular weight is 548 g/mol. The Bertz CT molecular complexity index is 1370. The van der Waals surface area contributed by atoms with Crippen LogP contribution in [0.25, 0.3) is 11.4 Å². The number of amides is 1. The van der Waals surface area contributed by atoms with Crippen LogP contribution >= 0.6 is 0 Å². The Hall–Kier alpha value is -3.49. The number of carbonyl (C=O) groups is 1. The van der Waals surface area contributed by atoms with Crippen molar-refractivity contribution in [1.82, 2.24) is 20.0 Å². The second-order valence-electron chi connectivity index (χ2n) is 8.32. The van der Waals surface area contributed by atoms with Gasteiger partial charge >= 0.3 is 18.2 Å². The highest BCUT2D eigenvalue weighted by molar-refractivity contribution is 7.91. The quantitative estimate of drug-likeness (QED) is 0.447. The van der Waals surface area contributed by atoms with Crippen LogP contribution in [0, 0.1) is 0 Å². The summed E-state index contributed by atoms with van der Waals surface area (Å²) in [5.74, 6) is -4.11. The van der Waals surface area contributed by atoms with E-state index in [1.54, 1.807) is 0 Å². The predicted octanol–water partition coefficient (Wildman–Crippen LogP) is 3.75. The van der Waals surface area contributed by atoms with Crippen molar-refractivity contribution in [1.29, 1.82) is 0 Å². The second kappa shape index (κ2) is 9.76. The van der Waals surface area contributed by atoms with E-state index in [0.717, 1.165) is 18.3 Å². The van der Waals surface area contributed by atoms with Crippen molar-refractivity contribution < 1.29 is 44.1 Å². The summed E-state index contributed by atoms with van der Waals surface area (Å²) in [7, 11) is -3.31. The summed E-state index contributed by atoms with van der Waals surface area (Å²) in [6, 6.07) is 6.98. The van der Waals surface area contributed by atoms with Crippen molar-refractivity contribution >= 4 is 15.7 Å². The summed E-state index contributed by atoms with van der Waals surface area (Å²) in [6.07, 6.45) is -8.47. The van der Waals surface area contributed by atoms with E-state index in [1.807, 2.05) is 0 Å². The molecule has 1 aromatic carbocycles. The third-order valence-electron chi connectivity index (χ3n) is 5.74. The SMILES string of the molecule is O=C(C(Cc1ccc(-c2noc(C(F)(F)F)n2)cn1)c1cccc(C(F)(F)F)c1)N1CCS(=O)(=O)CC1. The van der Waals surface area contributed by atoms with Gasteiger partial charge in [-0.3, -0.25) is 9.78 Å². The molecule has 0 radical (unpaired) electrons. The number of rotatable bonds is 5. The standard InChI is InChI=1S/C22H18F6N4O4S/c23-21(24,25)15-3-1-2-13(10-15)17(19(33)32-6-8-37(34,35)9-7-32)11-16-5-4-14(12-29-16)18-30-20(36-31-18)22(26,27)28/h1-5,10,12,17H,6-9,11H2. The van der Waals surface area contributed by atoms with Crippen LogP contribution in [-0.4, -0.2) is 58.9 Å². The summed E-state index contributed by atoms with van der Waals surface area (Å²) in [5, 5.41) is 3.26. The van der Waals surface area contributed by atoms with E-state index >= 15 is 0 Å². The number of benzene rings is 1. The number of hydrogen-bond acceptors (Lipinski definition) is 7. The molecule has 1 atom stereocenters. The van der Waals surface area contributed by atoms with E-state index in [4.69, 9.17) is 0 Å². The molecule has 2 aromatic heterocycles. The Balaban J connectivity index is 1.62. The van der Waals surface area contributed by atoms with Gasteiger partial charge in [-0.2, -0.15) is 31.3 Å². The predicted molar refractivity (Wildman–Crippen MR) is 116 cm³/mol. The highest BCUT2D eigenvalue weighted by atomic mass is 32.2. The van der Waals surface area contributed by atoms with Gasteiger partial charge in [-0.25, -0.2) is 8.42 Å². The van der Waals surface area contributed by atoms with E-state index in [-0.39, 0.29) is 53.7 Å². The average Bonchev–Trinajstić information content (AvgIpc) is 3.33. The van der Waals surface area contributed by atoms with Gasteiger partial charge in [-0.05, 0) is 23.8 Å². The van der Waals surface area contributed by atoms with E-state index in [0.29, 0.717) is 0 Å². The van der Waals surface area contributed by atoms with Crippen molar-refractivity contribution in [3.63, 3.8) is 0 Å². The van der Waals surface area contributed by atoms with Crippen molar-refractivity contribution in [3.8, 4) is 11.4 Å². The first-order chi connectivity index (χ1) is 17.2. The molecule has 1 unspecified atom stereocenters. The first-order valence-electron chi connectivity index (χ1n) is 10.8.